The first-order valence-electron chi connectivity index (χ1n) is 6.22. The Bertz CT molecular complexity index is 670. The number of carbonyl (C=O) groups is 1. The zero-order valence-corrected chi connectivity index (χ0v) is 11.2. The number of amides is 1. The number of aromatic nitrogens is 1. The topological polar surface area (TPSA) is 60.5 Å². The lowest BCUT2D eigenvalue weighted by Gasteiger charge is -2.14. The first kappa shape index (κ1) is 12.5. The Balaban J connectivity index is 2.05. The molecule has 0 saturated carbocycles. The highest BCUT2D eigenvalue weighted by Crippen LogP contribution is 2.34. The van der Waals surface area contributed by atoms with E-state index in [2.05, 4.69) is 10.3 Å². The van der Waals surface area contributed by atoms with E-state index in [-0.39, 0.29) is 11.9 Å². The van der Waals surface area contributed by atoms with Crippen LogP contribution in [0.5, 0.6) is 11.5 Å². The summed E-state index contributed by atoms with van der Waals surface area (Å²) in [6.07, 6.45) is 1.69. The van der Waals surface area contributed by atoms with Crippen molar-refractivity contribution in [2.45, 2.75) is 6.04 Å². The number of ether oxygens (including phenoxy) is 2. The fraction of sp³-hybridized carbons (Fsp3) is 0.200. The molecule has 3 rings (SSSR count). The Morgan fingerprint density at radius 3 is 2.70 bits per heavy atom. The van der Waals surface area contributed by atoms with Crippen LogP contribution in [0.2, 0.25) is 0 Å². The van der Waals surface area contributed by atoms with Gasteiger partial charge in [0.2, 0.25) is 0 Å². The molecule has 0 spiro atoms. The standard InChI is InChI=1S/C15H14N2O3/c1-19-11-6-5-9(8-12(11)20-2)13-14-10(15(18)17-13)4-3-7-16-14/h3-8,13H,1-2H3,(H,17,18). The second kappa shape index (κ2) is 4.85. The van der Waals surface area contributed by atoms with Gasteiger partial charge in [-0.1, -0.05) is 6.07 Å². The van der Waals surface area contributed by atoms with Gasteiger partial charge in [-0.25, -0.2) is 0 Å². The maximum Gasteiger partial charge on any atom is 0.254 e. The van der Waals surface area contributed by atoms with Crippen molar-refractivity contribution in [1.82, 2.24) is 10.3 Å². The lowest BCUT2D eigenvalue weighted by atomic mass is 10.0. The van der Waals surface area contributed by atoms with Crippen LogP contribution < -0.4 is 14.8 Å². The summed E-state index contributed by atoms with van der Waals surface area (Å²) in [5.41, 5.74) is 2.27. The van der Waals surface area contributed by atoms with Gasteiger partial charge in [0.05, 0.1) is 31.5 Å². The fourth-order valence-electron chi connectivity index (χ4n) is 2.39. The number of hydrogen-bond donors (Lipinski definition) is 1. The molecule has 1 amide bonds. The molecule has 1 atom stereocenters. The summed E-state index contributed by atoms with van der Waals surface area (Å²) in [6, 6.07) is 8.86. The normalized spacial score (nSPS) is 16.5. The molecule has 1 aromatic heterocycles. The maximum atomic E-state index is 11.9. The van der Waals surface area contributed by atoms with Gasteiger partial charge in [0, 0.05) is 6.20 Å². The van der Waals surface area contributed by atoms with Crippen LogP contribution in [0, 0.1) is 0 Å². The van der Waals surface area contributed by atoms with E-state index in [9.17, 15) is 4.79 Å². The number of fused-ring (bicyclic) bond motifs is 1. The summed E-state index contributed by atoms with van der Waals surface area (Å²) in [5.74, 6) is 1.18. The molecule has 0 radical (unpaired) electrons. The molecule has 0 bridgehead atoms. The van der Waals surface area contributed by atoms with E-state index in [1.54, 1.807) is 32.5 Å². The molecule has 2 aromatic rings. The monoisotopic (exact) mass is 270 g/mol. The third kappa shape index (κ3) is 1.87. The average molecular weight is 270 g/mol. The first-order valence-corrected chi connectivity index (χ1v) is 6.22. The van der Waals surface area contributed by atoms with E-state index in [0.717, 1.165) is 11.3 Å². The van der Waals surface area contributed by atoms with Crippen LogP contribution in [0.4, 0.5) is 0 Å². The average Bonchev–Trinajstić information content (AvgIpc) is 2.84. The number of nitrogens with zero attached hydrogens (tertiary/aromatic N) is 1. The van der Waals surface area contributed by atoms with Crippen molar-refractivity contribution < 1.29 is 14.3 Å². The Hall–Kier alpha value is -2.56. The SMILES string of the molecule is COc1ccc(C2NC(=O)c3cccnc32)cc1OC. The molecule has 5 heteroatoms. The molecule has 102 valence electrons. The minimum absolute atomic E-state index is 0.104. The highest BCUT2D eigenvalue weighted by Gasteiger charge is 2.31. The van der Waals surface area contributed by atoms with E-state index in [4.69, 9.17) is 9.47 Å². The lowest BCUT2D eigenvalue weighted by Crippen LogP contribution is -2.20. The Labute approximate surface area is 116 Å². The van der Waals surface area contributed by atoms with Crippen molar-refractivity contribution in [1.29, 1.82) is 0 Å². The predicted octanol–water partition coefficient (Wildman–Crippen LogP) is 1.93. The smallest absolute Gasteiger partial charge is 0.254 e. The van der Waals surface area contributed by atoms with E-state index in [0.29, 0.717) is 17.1 Å². The van der Waals surface area contributed by atoms with Crippen LogP contribution in [-0.4, -0.2) is 25.1 Å². The van der Waals surface area contributed by atoms with Gasteiger partial charge in [0.15, 0.2) is 11.5 Å². The van der Waals surface area contributed by atoms with Crippen molar-refractivity contribution in [2.75, 3.05) is 14.2 Å². The van der Waals surface area contributed by atoms with Gasteiger partial charge in [0.1, 0.15) is 0 Å². The summed E-state index contributed by atoms with van der Waals surface area (Å²) in [5, 5.41) is 2.93. The van der Waals surface area contributed by atoms with E-state index >= 15 is 0 Å². The summed E-state index contributed by atoms with van der Waals surface area (Å²) < 4.78 is 10.5. The van der Waals surface area contributed by atoms with Crippen LogP contribution in [0.1, 0.15) is 27.7 Å². The summed E-state index contributed by atoms with van der Waals surface area (Å²) >= 11 is 0. The zero-order chi connectivity index (χ0) is 14.1. The van der Waals surface area contributed by atoms with Crippen molar-refractivity contribution in [3.8, 4) is 11.5 Å². The fourth-order valence-corrected chi connectivity index (χ4v) is 2.39. The molecule has 1 N–H and O–H groups in total. The van der Waals surface area contributed by atoms with E-state index in [1.165, 1.54) is 0 Å². The quantitative estimate of drug-likeness (QED) is 0.925. The molecule has 0 saturated heterocycles. The van der Waals surface area contributed by atoms with Gasteiger partial charge >= 0.3 is 0 Å². The summed E-state index contributed by atoms with van der Waals surface area (Å²) in [4.78, 5) is 16.2. The predicted molar refractivity (Wildman–Crippen MR) is 73.1 cm³/mol. The number of hydrogen-bond acceptors (Lipinski definition) is 4. The van der Waals surface area contributed by atoms with Gasteiger partial charge in [0.25, 0.3) is 5.91 Å². The first-order chi connectivity index (χ1) is 9.74. The molecule has 1 aliphatic heterocycles. The van der Waals surface area contributed by atoms with Crippen LogP contribution in [0.3, 0.4) is 0 Å². The molecule has 2 heterocycles. The number of carbonyl (C=O) groups excluding carboxylic acids is 1. The maximum absolute atomic E-state index is 11.9. The molecule has 20 heavy (non-hydrogen) atoms. The second-order valence-corrected chi connectivity index (χ2v) is 4.46. The summed E-state index contributed by atoms with van der Waals surface area (Å²) in [6.45, 7) is 0. The van der Waals surface area contributed by atoms with E-state index < -0.39 is 0 Å². The number of nitrogens with one attached hydrogen (secondary N) is 1. The molecule has 1 unspecified atom stereocenters. The Morgan fingerprint density at radius 2 is 1.95 bits per heavy atom. The van der Waals surface area contributed by atoms with Crippen LogP contribution >= 0.6 is 0 Å². The highest BCUT2D eigenvalue weighted by atomic mass is 16.5. The van der Waals surface area contributed by atoms with Crippen molar-refractivity contribution >= 4 is 5.91 Å². The molecule has 5 nitrogen and oxygen atoms in total. The van der Waals surface area contributed by atoms with Crippen LogP contribution in [-0.2, 0) is 0 Å². The molecule has 1 aliphatic rings. The van der Waals surface area contributed by atoms with Crippen molar-refractivity contribution in [3.63, 3.8) is 0 Å². The van der Waals surface area contributed by atoms with Crippen molar-refractivity contribution in [2.24, 2.45) is 0 Å². The van der Waals surface area contributed by atoms with E-state index in [1.807, 2.05) is 18.2 Å². The highest BCUT2D eigenvalue weighted by molar-refractivity contribution is 5.99. The Morgan fingerprint density at radius 1 is 1.15 bits per heavy atom. The molecular formula is C15H14N2O3. The van der Waals surface area contributed by atoms with Gasteiger partial charge in [-0.05, 0) is 29.8 Å². The van der Waals surface area contributed by atoms with Crippen molar-refractivity contribution in [3.05, 3.63) is 53.3 Å². The molecule has 0 fully saturated rings. The van der Waals surface area contributed by atoms with Gasteiger partial charge in [-0.15, -0.1) is 0 Å². The minimum Gasteiger partial charge on any atom is -0.493 e. The van der Waals surface area contributed by atoms with Gasteiger partial charge in [-0.2, -0.15) is 0 Å². The molecular weight excluding hydrogens is 256 g/mol. The second-order valence-electron chi connectivity index (χ2n) is 4.46. The lowest BCUT2D eigenvalue weighted by molar-refractivity contribution is 0.0960. The number of methoxy groups -OCH3 is 2. The van der Waals surface area contributed by atoms with Gasteiger partial charge < -0.3 is 14.8 Å². The third-order valence-corrected chi connectivity index (χ3v) is 3.37. The van der Waals surface area contributed by atoms with Crippen LogP contribution in [0.25, 0.3) is 0 Å². The third-order valence-electron chi connectivity index (χ3n) is 3.37. The number of pyridine rings is 1. The van der Waals surface area contributed by atoms with Gasteiger partial charge in [-0.3, -0.25) is 9.78 Å². The number of rotatable bonds is 3. The largest absolute Gasteiger partial charge is 0.493 e. The molecule has 0 aliphatic carbocycles. The zero-order valence-electron chi connectivity index (χ0n) is 11.2. The van der Waals surface area contributed by atoms with Crippen LogP contribution in [0.15, 0.2) is 36.5 Å². The summed E-state index contributed by atoms with van der Waals surface area (Å²) in [7, 11) is 3.17. The molecule has 1 aromatic carbocycles. The number of benzene rings is 1. The Kier molecular flexibility index (Phi) is 3.02. The minimum atomic E-state index is -0.251.